The number of nitrogen functional groups attached to an aromatic ring is 1. The Kier molecular flexibility index (Phi) is 13.9. The number of rotatable bonds is 13. The van der Waals surface area contributed by atoms with Gasteiger partial charge in [-0.2, -0.15) is 0 Å². The Morgan fingerprint density at radius 2 is 1.76 bits per heavy atom. The first-order valence-corrected chi connectivity index (χ1v) is 24.9. The number of ether oxygens (including phenoxy) is 1. The molecule has 7 N–H and O–H groups in total. The number of Topliss-reactive ketones (excluding diaryl/α,β-unsaturated/α-hetero) is 2. The van der Waals surface area contributed by atoms with Crippen LogP contribution in [0.2, 0.25) is 0 Å². The molecule has 10 unspecified atom stereocenters. The number of aliphatic hydroxyl groups excluding tert-OH is 3. The first-order valence-electron chi connectivity index (χ1n) is 24.9. The number of piperidine rings is 1. The van der Waals surface area contributed by atoms with E-state index in [9.17, 15) is 30.0 Å². The largest absolute Gasteiger partial charge is 0.504 e. The van der Waals surface area contributed by atoms with Crippen LogP contribution in [0.25, 0.3) is 10.8 Å². The van der Waals surface area contributed by atoms with Crippen LogP contribution in [0.15, 0.2) is 72.9 Å². The van der Waals surface area contributed by atoms with Crippen molar-refractivity contribution >= 4 is 28.2 Å². The number of phenolic OH excluding ortho intramolecular Hbond substituents is 1. The number of fused-ring (bicyclic) bond motifs is 3. The highest BCUT2D eigenvalue weighted by Gasteiger charge is 2.52. The van der Waals surface area contributed by atoms with E-state index in [0.717, 1.165) is 58.8 Å². The molecule has 350 valence electrons. The molecular formula is C56H69N3O7. The lowest BCUT2D eigenvalue weighted by atomic mass is 9.57. The maximum absolute atomic E-state index is 14.6. The molecule has 0 amide bonds. The quantitative estimate of drug-likeness (QED) is 0.0714. The minimum absolute atomic E-state index is 0.00138. The summed E-state index contributed by atoms with van der Waals surface area (Å²) in [4.78, 5) is 31.4. The molecule has 4 fully saturated rings. The summed E-state index contributed by atoms with van der Waals surface area (Å²) < 4.78 is 5.54. The second-order valence-corrected chi connectivity index (χ2v) is 20.8. The topological polar surface area (TPSA) is 175 Å². The number of nitrogens with two attached hydrogens (primary N) is 1. The van der Waals surface area contributed by atoms with Crippen LogP contribution in [0.5, 0.6) is 11.5 Å². The van der Waals surface area contributed by atoms with Crippen LogP contribution in [0.1, 0.15) is 137 Å². The summed E-state index contributed by atoms with van der Waals surface area (Å²) in [5.41, 5.74) is 8.89. The number of anilines is 1. The molecule has 4 aromatic rings. The average molecular weight is 896 g/mol. The number of aromatic nitrogens is 1. The molecule has 0 radical (unpaired) electrons. The molecule has 3 saturated carbocycles. The van der Waals surface area contributed by atoms with Gasteiger partial charge in [0.2, 0.25) is 0 Å². The molecule has 10 heteroatoms. The van der Waals surface area contributed by atoms with E-state index < -0.39 is 23.5 Å². The van der Waals surface area contributed by atoms with Crippen LogP contribution < -0.4 is 15.8 Å². The summed E-state index contributed by atoms with van der Waals surface area (Å²) in [6.07, 6.45) is 12.6. The molecule has 10 atom stereocenters. The van der Waals surface area contributed by atoms with Crippen molar-refractivity contribution in [1.82, 2.24) is 10.3 Å². The van der Waals surface area contributed by atoms with Gasteiger partial charge in [-0.05, 0) is 170 Å². The average Bonchev–Trinajstić information content (AvgIpc) is 3.81. The normalized spacial score (nSPS) is 29.4. The summed E-state index contributed by atoms with van der Waals surface area (Å²) in [5.74, 6) is 8.83. The Morgan fingerprint density at radius 1 is 0.955 bits per heavy atom. The van der Waals surface area contributed by atoms with Crippen LogP contribution in [0, 0.1) is 46.3 Å². The van der Waals surface area contributed by atoms with Crippen LogP contribution in [0.3, 0.4) is 0 Å². The molecule has 1 spiro atoms. The molecule has 9 rings (SSSR count). The number of pyridine rings is 1. The molecular weight excluding hydrogens is 827 g/mol. The number of nitrogens with one attached hydrogen (secondary N) is 1. The molecule has 1 saturated heterocycles. The van der Waals surface area contributed by atoms with Crippen LogP contribution in [0.4, 0.5) is 5.82 Å². The van der Waals surface area contributed by atoms with E-state index in [1.807, 2.05) is 30.3 Å². The number of aliphatic hydroxyl groups is 3. The van der Waals surface area contributed by atoms with E-state index >= 15 is 0 Å². The Labute approximate surface area is 390 Å². The van der Waals surface area contributed by atoms with Crippen LogP contribution in [-0.4, -0.2) is 75.5 Å². The lowest BCUT2D eigenvalue weighted by molar-refractivity contribution is -0.135. The van der Waals surface area contributed by atoms with Gasteiger partial charge in [0.25, 0.3) is 0 Å². The van der Waals surface area contributed by atoms with E-state index in [1.165, 1.54) is 32.8 Å². The van der Waals surface area contributed by atoms with Gasteiger partial charge in [-0.25, -0.2) is 4.98 Å². The Bertz CT molecular complexity index is 2450. The minimum Gasteiger partial charge on any atom is -0.504 e. The molecule has 1 aromatic heterocycles. The highest BCUT2D eigenvalue weighted by atomic mass is 16.5. The third-order valence-electron chi connectivity index (χ3n) is 17.1. The fourth-order valence-corrected chi connectivity index (χ4v) is 13.5. The van der Waals surface area contributed by atoms with Gasteiger partial charge in [0.1, 0.15) is 17.0 Å². The smallest absolute Gasteiger partial charge is 0.160 e. The van der Waals surface area contributed by atoms with Crippen molar-refractivity contribution in [2.75, 3.05) is 26.0 Å². The van der Waals surface area contributed by atoms with Crippen molar-refractivity contribution in [3.8, 4) is 23.3 Å². The van der Waals surface area contributed by atoms with E-state index in [1.54, 1.807) is 12.3 Å². The van der Waals surface area contributed by atoms with Crippen molar-refractivity contribution in [3.05, 3.63) is 95.2 Å². The van der Waals surface area contributed by atoms with Gasteiger partial charge < -0.3 is 36.2 Å². The van der Waals surface area contributed by atoms with Crippen molar-refractivity contribution in [2.24, 2.45) is 34.5 Å². The van der Waals surface area contributed by atoms with Gasteiger partial charge in [-0.15, -0.1) is 0 Å². The molecule has 3 aromatic carbocycles. The summed E-state index contributed by atoms with van der Waals surface area (Å²) in [5, 5.41) is 51.3. The van der Waals surface area contributed by atoms with Gasteiger partial charge in [0.05, 0.1) is 19.3 Å². The van der Waals surface area contributed by atoms with Gasteiger partial charge in [0, 0.05) is 49.9 Å². The standard InChI is InChI=1S/C56H69N3O7/c1-66-51-27-40-11-13-52(64)56(20-14-35(24-53(56)65)33-55(18-4-5-19-55)43-29-48-42(17-23-60)26-45(62)31-49(48)59-34-43)21-15-37(47(40)32-50(51)63)10-12-44(61)30-46(41-16-22-58-54(57)28-41)39-9-8-36-6-2-3-7-38(36)25-39/h2-3,6-9,16,22,25,27-28,32,35,37,42-44,46,48-49,53,59-61,63,65H,4-5,10-14,17-20,23-24,26,29-31,33-34H2,1H3,(H2,57,58). The Morgan fingerprint density at radius 3 is 2.53 bits per heavy atom. The first-order chi connectivity index (χ1) is 32.0. The van der Waals surface area contributed by atoms with Gasteiger partial charge >= 0.3 is 0 Å². The number of hydrogen-bond acceptors (Lipinski definition) is 10. The highest BCUT2D eigenvalue weighted by molar-refractivity contribution is 5.89. The minimum atomic E-state index is -1.20. The van der Waals surface area contributed by atoms with Crippen molar-refractivity contribution < 1.29 is 34.8 Å². The van der Waals surface area contributed by atoms with Crippen LogP contribution >= 0.6 is 0 Å². The lowest BCUT2D eigenvalue weighted by Gasteiger charge is -2.51. The second-order valence-electron chi connectivity index (χ2n) is 20.8. The first kappa shape index (κ1) is 46.3. The molecule has 0 bridgehead atoms. The zero-order valence-electron chi connectivity index (χ0n) is 38.6. The van der Waals surface area contributed by atoms with Gasteiger partial charge in [-0.3, -0.25) is 9.59 Å². The maximum Gasteiger partial charge on any atom is 0.160 e. The molecule has 66 heavy (non-hydrogen) atoms. The molecule has 5 aliphatic rings. The lowest BCUT2D eigenvalue weighted by Crippen LogP contribution is -2.55. The van der Waals surface area contributed by atoms with Crippen molar-refractivity contribution in [2.45, 2.75) is 139 Å². The highest BCUT2D eigenvalue weighted by Crippen LogP contribution is 2.56. The number of aryl methyl sites for hydroxylation is 1. The zero-order chi connectivity index (χ0) is 46.0. The van der Waals surface area contributed by atoms with E-state index in [2.05, 4.69) is 52.5 Å². The van der Waals surface area contributed by atoms with E-state index in [-0.39, 0.29) is 53.8 Å². The number of phenols is 1. The number of aromatic hydroxyl groups is 1. The molecule has 2 heterocycles. The fraction of sp³-hybridized carbons (Fsp3) is 0.554. The molecule has 1 aliphatic heterocycles. The summed E-state index contributed by atoms with van der Waals surface area (Å²) in [6.45, 7) is 1.02. The number of ketones is 2. The van der Waals surface area contributed by atoms with Gasteiger partial charge in [-0.1, -0.05) is 67.1 Å². The monoisotopic (exact) mass is 896 g/mol. The fourth-order valence-electron chi connectivity index (χ4n) is 13.5. The number of benzene rings is 3. The van der Waals surface area contributed by atoms with Gasteiger partial charge in [0.15, 0.2) is 17.3 Å². The van der Waals surface area contributed by atoms with E-state index in [0.29, 0.717) is 87.0 Å². The second kappa shape index (κ2) is 19.8. The summed E-state index contributed by atoms with van der Waals surface area (Å²) in [7, 11) is 1.52. The number of hydrogen-bond donors (Lipinski definition) is 6. The van der Waals surface area contributed by atoms with Crippen molar-refractivity contribution in [1.29, 1.82) is 0 Å². The number of methoxy groups -OCH3 is 1. The predicted octanol–water partition coefficient (Wildman–Crippen LogP) is 8.55. The summed E-state index contributed by atoms with van der Waals surface area (Å²) >= 11 is 0. The van der Waals surface area contributed by atoms with Crippen molar-refractivity contribution in [3.63, 3.8) is 0 Å². The number of carbonyl (C=O) groups is 2. The predicted molar refractivity (Wildman–Crippen MR) is 257 cm³/mol. The maximum atomic E-state index is 14.6. The third-order valence-corrected chi connectivity index (χ3v) is 17.1. The third kappa shape index (κ3) is 9.51. The zero-order valence-corrected chi connectivity index (χ0v) is 38.6. The molecule has 4 aliphatic carbocycles. The Balaban J connectivity index is 0.948. The molecule has 10 nitrogen and oxygen atoms in total. The SMILES string of the molecule is COc1cc2c(cc1O)C(CCC(O)CC(c1ccnc(N)c1)c1ccc3ccccc3c1)C#CC1(CCC(CC3(C4CNC5CC(=O)CC(CCO)C5C4)CCCC3)CC1O)C(=O)CC2. The van der Waals surface area contributed by atoms with Crippen LogP contribution in [-0.2, 0) is 16.0 Å². The number of nitrogens with zero attached hydrogens (tertiary/aromatic N) is 1. The Hall–Kier alpha value is -4.79. The summed E-state index contributed by atoms with van der Waals surface area (Å²) in [6, 6.07) is 22.2. The van der Waals surface area contributed by atoms with E-state index in [4.69, 9.17) is 10.5 Å². The number of carbonyl (C=O) groups excluding carboxylic acids is 2.